The van der Waals surface area contributed by atoms with Crippen LogP contribution in [0.2, 0.25) is 0 Å². The molecule has 8 nitrogen and oxygen atoms in total. The molecular weight excluding hydrogens is 430 g/mol. The van der Waals surface area contributed by atoms with Gasteiger partial charge in [-0.25, -0.2) is 15.1 Å². The molecule has 2 aromatic rings. The molecule has 0 bridgehead atoms. The van der Waals surface area contributed by atoms with Gasteiger partial charge in [0.1, 0.15) is 16.1 Å². The number of carbonyl (C=O) groups excluding carboxylic acids is 1. The van der Waals surface area contributed by atoms with Crippen molar-refractivity contribution < 1.29 is 24.3 Å². The molecule has 9 heteroatoms. The van der Waals surface area contributed by atoms with E-state index in [4.69, 9.17) is 9.57 Å². The van der Waals surface area contributed by atoms with Gasteiger partial charge in [0.15, 0.2) is 11.8 Å². The number of carbonyl (C=O) groups is 1. The Balaban J connectivity index is 1.66. The molecule has 1 aliphatic carbocycles. The highest BCUT2D eigenvalue weighted by atomic mass is 32.1. The number of rotatable bonds is 4. The van der Waals surface area contributed by atoms with Crippen LogP contribution in [0.4, 0.5) is 0 Å². The number of fused-ring (bicyclic) bond motifs is 1. The van der Waals surface area contributed by atoms with Crippen LogP contribution in [0.15, 0.2) is 23.0 Å². The fraction of sp³-hybridized carbons (Fsp3) is 0.478. The number of ether oxygens (including phenoxy) is 1. The Morgan fingerprint density at radius 3 is 2.84 bits per heavy atom. The van der Waals surface area contributed by atoms with Gasteiger partial charge in [-0.1, -0.05) is 5.92 Å². The molecule has 2 fully saturated rings. The van der Waals surface area contributed by atoms with Gasteiger partial charge in [-0.2, -0.15) is 4.99 Å². The minimum Gasteiger partial charge on any atom is -0.477 e. The summed E-state index contributed by atoms with van der Waals surface area (Å²) >= 11 is 1.61. The number of nitrogens with one attached hydrogen (secondary N) is 1. The van der Waals surface area contributed by atoms with Crippen LogP contribution < -0.4 is 5.48 Å². The van der Waals surface area contributed by atoms with Gasteiger partial charge in [-0.05, 0) is 58.1 Å². The van der Waals surface area contributed by atoms with Crippen molar-refractivity contribution in [3.8, 4) is 11.8 Å². The maximum Gasteiger partial charge on any atom is 0.352 e. The third kappa shape index (κ3) is 3.15. The molecule has 0 unspecified atom stereocenters. The number of aromatic carboxylic acids is 1. The van der Waals surface area contributed by atoms with Gasteiger partial charge >= 0.3 is 11.9 Å². The van der Waals surface area contributed by atoms with E-state index in [-0.39, 0.29) is 23.1 Å². The van der Waals surface area contributed by atoms with Crippen molar-refractivity contribution in [3.05, 3.63) is 28.6 Å². The van der Waals surface area contributed by atoms with E-state index in [0.29, 0.717) is 24.8 Å². The SMILES string of the molecule is CC#C[C@H]1C[C@]1(C1=NC(=C=O)ON1)n1c(C(=O)O)cc2cc([C@H]3CCOC(C)(C)C3)sc21. The third-order valence-electron chi connectivity index (χ3n) is 6.42. The summed E-state index contributed by atoms with van der Waals surface area (Å²) in [6, 6.07) is 3.81. The number of thiophene rings is 1. The summed E-state index contributed by atoms with van der Waals surface area (Å²) in [5.41, 5.74) is 1.85. The van der Waals surface area contributed by atoms with E-state index in [2.05, 4.69) is 42.2 Å². The Hall–Kier alpha value is -3.05. The highest BCUT2D eigenvalue weighted by Gasteiger charge is 2.62. The molecule has 0 amide bonds. The number of aromatic nitrogens is 1. The molecule has 2 aromatic heterocycles. The number of carboxylic acid groups (broad SMARTS) is 1. The predicted octanol–water partition coefficient (Wildman–Crippen LogP) is 3.42. The minimum absolute atomic E-state index is 0.158. The van der Waals surface area contributed by atoms with Gasteiger partial charge in [0.05, 0.1) is 11.5 Å². The summed E-state index contributed by atoms with van der Waals surface area (Å²) in [7, 11) is 0. The number of hydrogen-bond donors (Lipinski definition) is 2. The zero-order valence-electron chi connectivity index (χ0n) is 18.0. The average Bonchev–Trinajstić information content (AvgIpc) is 3.11. The van der Waals surface area contributed by atoms with Crippen molar-refractivity contribution in [2.24, 2.45) is 10.9 Å². The third-order valence-corrected chi connectivity index (χ3v) is 7.72. The zero-order chi connectivity index (χ0) is 22.7. The molecule has 3 aliphatic rings. The standard InChI is InChI=1S/C23H23N3O5S/c1-4-5-15-11-23(15,21-24-18(12-27)31-25-21)26-16(20(28)29)8-14-9-17(32-19(14)26)13-6-7-30-22(2,3)10-13/h8-9,13,15H,6-7,10-11H2,1-3H3,(H,24,25)(H,28,29)/t13-,15-,23-/m0/s1. The Morgan fingerprint density at radius 2 is 2.19 bits per heavy atom. The monoisotopic (exact) mass is 453 g/mol. The molecule has 5 rings (SSSR count). The van der Waals surface area contributed by atoms with E-state index in [1.807, 2.05) is 4.57 Å². The smallest absolute Gasteiger partial charge is 0.352 e. The zero-order valence-corrected chi connectivity index (χ0v) is 18.8. The molecule has 1 saturated heterocycles. The first-order chi connectivity index (χ1) is 15.3. The van der Waals surface area contributed by atoms with Crippen LogP contribution in [0.1, 0.15) is 61.3 Å². The molecule has 2 N–H and O–H groups in total. The van der Waals surface area contributed by atoms with E-state index in [0.717, 1.165) is 23.1 Å². The molecule has 32 heavy (non-hydrogen) atoms. The molecule has 0 spiro atoms. The van der Waals surface area contributed by atoms with Gasteiger partial charge in [-0.15, -0.1) is 17.3 Å². The van der Waals surface area contributed by atoms with E-state index in [9.17, 15) is 14.7 Å². The highest BCUT2D eigenvalue weighted by molar-refractivity contribution is 7.18. The van der Waals surface area contributed by atoms with Crippen LogP contribution in [0.5, 0.6) is 0 Å². The lowest BCUT2D eigenvalue weighted by Gasteiger charge is -2.35. The average molecular weight is 454 g/mol. The Bertz CT molecular complexity index is 1270. The van der Waals surface area contributed by atoms with Crippen molar-refractivity contribution in [3.63, 3.8) is 0 Å². The molecule has 1 saturated carbocycles. The lowest BCUT2D eigenvalue weighted by Crippen LogP contribution is -2.38. The number of aliphatic imine (C=N–C) groups is 1. The fourth-order valence-corrected chi connectivity index (χ4v) is 6.29. The maximum atomic E-state index is 12.2. The second-order valence-electron chi connectivity index (χ2n) is 9.02. The van der Waals surface area contributed by atoms with E-state index in [1.165, 1.54) is 4.88 Å². The van der Waals surface area contributed by atoms with E-state index in [1.54, 1.807) is 30.3 Å². The number of nitrogens with zero attached hydrogens (tertiary/aromatic N) is 2. The largest absolute Gasteiger partial charge is 0.477 e. The van der Waals surface area contributed by atoms with E-state index >= 15 is 0 Å². The molecule has 0 radical (unpaired) electrons. The maximum absolute atomic E-state index is 12.2. The highest BCUT2D eigenvalue weighted by Crippen LogP contribution is 2.55. The lowest BCUT2D eigenvalue weighted by atomic mass is 9.87. The first-order valence-electron chi connectivity index (χ1n) is 10.5. The number of hydrogen-bond acceptors (Lipinski definition) is 7. The molecule has 4 heterocycles. The van der Waals surface area contributed by atoms with Gasteiger partial charge in [0, 0.05) is 16.9 Å². The first-order valence-corrected chi connectivity index (χ1v) is 11.3. The van der Waals surface area contributed by atoms with Crippen molar-refractivity contribution in [2.45, 2.75) is 57.1 Å². The summed E-state index contributed by atoms with van der Waals surface area (Å²) in [5.74, 6) is 7.08. The van der Waals surface area contributed by atoms with Gasteiger partial charge in [0.25, 0.3) is 0 Å². The quantitative estimate of drug-likeness (QED) is 0.543. The normalized spacial score (nSPS) is 28.2. The second kappa shape index (κ2) is 7.24. The summed E-state index contributed by atoms with van der Waals surface area (Å²) in [4.78, 5) is 34.7. The van der Waals surface area contributed by atoms with E-state index < -0.39 is 11.5 Å². The van der Waals surface area contributed by atoms with Gasteiger partial charge in [0.2, 0.25) is 0 Å². The number of amidine groups is 1. The van der Waals surface area contributed by atoms with Crippen LogP contribution >= 0.6 is 11.3 Å². The Kier molecular flexibility index (Phi) is 4.71. The first kappa shape index (κ1) is 20.8. The van der Waals surface area contributed by atoms with Crippen LogP contribution in [0.25, 0.3) is 10.2 Å². The van der Waals surface area contributed by atoms with Crippen LogP contribution in [0.3, 0.4) is 0 Å². The van der Waals surface area contributed by atoms with Crippen molar-refractivity contribution in [2.75, 3.05) is 6.61 Å². The summed E-state index contributed by atoms with van der Waals surface area (Å²) < 4.78 is 7.70. The van der Waals surface area contributed by atoms with Crippen molar-refractivity contribution in [1.29, 1.82) is 0 Å². The van der Waals surface area contributed by atoms with Gasteiger partial charge in [-0.3, -0.25) is 0 Å². The van der Waals surface area contributed by atoms with Gasteiger partial charge < -0.3 is 19.2 Å². The molecule has 2 aliphatic heterocycles. The summed E-state index contributed by atoms with van der Waals surface area (Å²) in [6.07, 6.45) is 2.41. The Labute approximate surface area is 188 Å². The summed E-state index contributed by atoms with van der Waals surface area (Å²) in [5, 5.41) is 10.9. The minimum atomic E-state index is -1.03. The van der Waals surface area contributed by atoms with Crippen LogP contribution in [0, 0.1) is 17.8 Å². The summed E-state index contributed by atoms with van der Waals surface area (Å²) in [6.45, 7) is 6.66. The van der Waals surface area contributed by atoms with Crippen molar-refractivity contribution in [1.82, 2.24) is 10.0 Å². The van der Waals surface area contributed by atoms with Crippen LogP contribution in [-0.4, -0.2) is 39.6 Å². The number of hydroxylamine groups is 1. The number of carboxylic acids is 1. The Morgan fingerprint density at radius 1 is 1.38 bits per heavy atom. The van der Waals surface area contributed by atoms with Crippen LogP contribution in [-0.2, 0) is 19.9 Å². The fourth-order valence-electron chi connectivity index (χ4n) is 4.93. The predicted molar refractivity (Wildman–Crippen MR) is 119 cm³/mol. The second-order valence-corrected chi connectivity index (χ2v) is 10.1. The molecular formula is C23H23N3O5S. The lowest BCUT2D eigenvalue weighted by molar-refractivity contribution is -0.0588. The van der Waals surface area contributed by atoms with Crippen molar-refractivity contribution >= 4 is 39.3 Å². The molecule has 0 aromatic carbocycles. The molecule has 166 valence electrons. The topological polar surface area (TPSA) is 102 Å². The molecule has 3 atom stereocenters.